The van der Waals surface area contributed by atoms with Gasteiger partial charge in [-0.3, -0.25) is 0 Å². The van der Waals surface area contributed by atoms with E-state index in [2.05, 4.69) is 157 Å². The first-order valence-corrected chi connectivity index (χ1v) is 17.6. The van der Waals surface area contributed by atoms with Crippen molar-refractivity contribution in [3.05, 3.63) is 164 Å². The van der Waals surface area contributed by atoms with E-state index in [1.54, 1.807) is 0 Å². The van der Waals surface area contributed by atoms with Crippen LogP contribution in [0.1, 0.15) is 0 Å². The molecule has 0 atom stereocenters. The summed E-state index contributed by atoms with van der Waals surface area (Å²) in [5, 5.41) is 9.28. The molecule has 3 heterocycles. The van der Waals surface area contributed by atoms with Crippen molar-refractivity contribution in [1.82, 2.24) is 0 Å². The third kappa shape index (κ3) is 4.09. The summed E-state index contributed by atoms with van der Waals surface area (Å²) in [6.07, 6.45) is 0. The van der Waals surface area contributed by atoms with Crippen molar-refractivity contribution in [3.63, 3.8) is 0 Å². The summed E-state index contributed by atoms with van der Waals surface area (Å²) in [6.45, 7) is 0. The number of hydrogen-bond donors (Lipinski definition) is 0. The highest BCUT2D eigenvalue weighted by molar-refractivity contribution is 7.25. The molecular weight excluding hydrogens is 631 g/mol. The Morgan fingerprint density at radius 3 is 2.04 bits per heavy atom. The molecule has 0 saturated heterocycles. The molecule has 0 fully saturated rings. The number of hydrogen-bond acceptors (Lipinski definition) is 4. The zero-order valence-corrected chi connectivity index (χ0v) is 27.6. The average molecular weight is 658 g/mol. The Bertz CT molecular complexity index is 3110. The van der Waals surface area contributed by atoms with Gasteiger partial charge >= 0.3 is 0 Å². The topological polar surface area (TPSA) is 29.5 Å². The first-order chi connectivity index (χ1) is 24.8. The zero-order valence-electron chi connectivity index (χ0n) is 26.8. The second-order valence-electron chi connectivity index (χ2n) is 12.9. The number of anilines is 3. The highest BCUT2D eigenvalue weighted by Crippen LogP contribution is 2.46. The summed E-state index contributed by atoms with van der Waals surface area (Å²) in [5.74, 6) is 0. The average Bonchev–Trinajstić information content (AvgIpc) is 3.86. The molecule has 0 saturated carbocycles. The van der Waals surface area contributed by atoms with Gasteiger partial charge in [0.15, 0.2) is 0 Å². The van der Waals surface area contributed by atoms with Gasteiger partial charge in [-0.1, -0.05) is 91.0 Å². The second kappa shape index (κ2) is 10.6. The molecule has 0 aliphatic rings. The van der Waals surface area contributed by atoms with Crippen LogP contribution in [0.5, 0.6) is 0 Å². The molecule has 8 aromatic carbocycles. The van der Waals surface area contributed by atoms with E-state index < -0.39 is 0 Å². The maximum absolute atomic E-state index is 6.64. The van der Waals surface area contributed by atoms with Crippen LogP contribution in [-0.2, 0) is 0 Å². The minimum Gasteiger partial charge on any atom is -0.456 e. The summed E-state index contributed by atoms with van der Waals surface area (Å²) < 4.78 is 15.5. The normalized spacial score (nSPS) is 12.0. The number of para-hydroxylation sites is 1. The van der Waals surface area contributed by atoms with Crippen molar-refractivity contribution >= 4 is 103 Å². The zero-order chi connectivity index (χ0) is 32.8. The molecule has 0 N–H and O–H groups in total. The molecule has 50 heavy (non-hydrogen) atoms. The van der Waals surface area contributed by atoms with Crippen molar-refractivity contribution in [1.29, 1.82) is 0 Å². The van der Waals surface area contributed by atoms with Gasteiger partial charge in [0, 0.05) is 53.1 Å². The minimum atomic E-state index is 0.863. The van der Waals surface area contributed by atoms with E-state index >= 15 is 0 Å². The van der Waals surface area contributed by atoms with Crippen LogP contribution >= 0.6 is 11.3 Å². The molecule has 0 unspecified atom stereocenters. The predicted molar refractivity (Wildman–Crippen MR) is 212 cm³/mol. The molecule has 0 aliphatic carbocycles. The lowest BCUT2D eigenvalue weighted by molar-refractivity contribution is 0.669. The lowest BCUT2D eigenvalue weighted by atomic mass is 10.0. The van der Waals surface area contributed by atoms with Crippen LogP contribution in [0, 0.1) is 0 Å². The summed E-state index contributed by atoms with van der Waals surface area (Å²) in [5.41, 5.74) is 9.09. The Morgan fingerprint density at radius 2 is 1.12 bits per heavy atom. The molecule has 3 nitrogen and oxygen atoms in total. The molecule has 0 spiro atoms. The van der Waals surface area contributed by atoms with Crippen molar-refractivity contribution < 1.29 is 8.83 Å². The van der Waals surface area contributed by atoms with Crippen molar-refractivity contribution in [2.24, 2.45) is 0 Å². The molecule has 0 bridgehead atoms. The fourth-order valence-corrected chi connectivity index (χ4v) is 8.80. The maximum atomic E-state index is 6.64. The van der Waals surface area contributed by atoms with Gasteiger partial charge in [-0.15, -0.1) is 11.3 Å². The first kappa shape index (κ1) is 27.6. The minimum absolute atomic E-state index is 0.863. The number of nitrogens with zero attached hydrogens (tertiary/aromatic N) is 1. The molecule has 11 rings (SSSR count). The van der Waals surface area contributed by atoms with E-state index in [9.17, 15) is 0 Å². The largest absolute Gasteiger partial charge is 0.456 e. The number of rotatable bonds is 4. The third-order valence-corrected chi connectivity index (χ3v) is 11.2. The van der Waals surface area contributed by atoms with Crippen LogP contribution in [-0.4, -0.2) is 0 Å². The van der Waals surface area contributed by atoms with Gasteiger partial charge in [0.2, 0.25) is 0 Å². The Kier molecular flexibility index (Phi) is 5.83. The molecule has 0 aliphatic heterocycles. The van der Waals surface area contributed by atoms with Crippen molar-refractivity contribution in [2.75, 3.05) is 4.90 Å². The molecule has 3 aromatic heterocycles. The Morgan fingerprint density at radius 1 is 0.400 bits per heavy atom. The van der Waals surface area contributed by atoms with Crippen LogP contribution in [0.15, 0.2) is 173 Å². The van der Waals surface area contributed by atoms with Gasteiger partial charge < -0.3 is 13.7 Å². The standard InChI is InChI=1S/C46H27NO2S/c1-2-9-33-29(8-1)18-23-36-45-39(12-7-14-42(45)49-46(33)36)47(32-22-24-41-37(27-32)34-10-3-5-13-40(34)48-41)31-20-16-28(17-21-31)30-19-25-44-38(26-30)35-11-4-6-15-43(35)50-44/h1-27H. The second-order valence-corrected chi connectivity index (χ2v) is 14.0. The molecular formula is C46H27NO2S. The van der Waals surface area contributed by atoms with E-state index in [-0.39, 0.29) is 0 Å². The molecule has 0 radical (unpaired) electrons. The van der Waals surface area contributed by atoms with Crippen LogP contribution in [0.25, 0.3) is 85.9 Å². The SMILES string of the molecule is c1ccc2c(c1)ccc1c2oc2cccc(N(c3ccc(-c4ccc5sc6ccccc6c5c4)cc3)c3ccc4oc5ccccc5c4c3)c21. The maximum Gasteiger partial charge on any atom is 0.143 e. The van der Waals surface area contributed by atoms with Crippen LogP contribution in [0.4, 0.5) is 17.1 Å². The van der Waals surface area contributed by atoms with E-state index in [1.807, 2.05) is 23.5 Å². The third-order valence-electron chi connectivity index (χ3n) is 10.1. The highest BCUT2D eigenvalue weighted by atomic mass is 32.1. The lowest BCUT2D eigenvalue weighted by Crippen LogP contribution is -2.10. The van der Waals surface area contributed by atoms with Gasteiger partial charge in [-0.05, 0) is 89.3 Å². The van der Waals surface area contributed by atoms with Crippen LogP contribution < -0.4 is 4.90 Å². The van der Waals surface area contributed by atoms with Gasteiger partial charge in [0.05, 0.1) is 11.1 Å². The summed E-state index contributed by atoms with van der Waals surface area (Å²) in [6, 6.07) is 58.4. The Labute approximate surface area is 290 Å². The summed E-state index contributed by atoms with van der Waals surface area (Å²) >= 11 is 1.85. The molecule has 234 valence electrons. The van der Waals surface area contributed by atoms with E-state index in [4.69, 9.17) is 8.83 Å². The number of furan rings is 2. The fourth-order valence-electron chi connectivity index (χ4n) is 7.71. The van der Waals surface area contributed by atoms with Crippen LogP contribution in [0.2, 0.25) is 0 Å². The Hall–Kier alpha value is -6.36. The number of thiophene rings is 1. The summed E-state index contributed by atoms with van der Waals surface area (Å²) in [7, 11) is 0. The number of benzene rings is 8. The molecule has 0 amide bonds. The van der Waals surface area contributed by atoms with Gasteiger partial charge in [-0.2, -0.15) is 0 Å². The van der Waals surface area contributed by atoms with Gasteiger partial charge in [0.1, 0.15) is 22.3 Å². The van der Waals surface area contributed by atoms with Gasteiger partial charge in [0.25, 0.3) is 0 Å². The van der Waals surface area contributed by atoms with E-state index in [1.165, 1.54) is 36.7 Å². The fraction of sp³-hybridized carbons (Fsp3) is 0. The number of fused-ring (bicyclic) bond motifs is 11. The first-order valence-electron chi connectivity index (χ1n) is 16.8. The van der Waals surface area contributed by atoms with Crippen molar-refractivity contribution in [2.45, 2.75) is 0 Å². The Balaban J connectivity index is 1.12. The van der Waals surface area contributed by atoms with Crippen molar-refractivity contribution in [3.8, 4) is 11.1 Å². The molecule has 4 heteroatoms. The lowest BCUT2D eigenvalue weighted by Gasteiger charge is -2.26. The predicted octanol–water partition coefficient (Wildman–Crippen LogP) is 14.1. The monoisotopic (exact) mass is 657 g/mol. The van der Waals surface area contributed by atoms with E-state index in [0.29, 0.717) is 0 Å². The van der Waals surface area contributed by atoms with Crippen LogP contribution in [0.3, 0.4) is 0 Å². The highest BCUT2D eigenvalue weighted by Gasteiger charge is 2.21. The summed E-state index contributed by atoms with van der Waals surface area (Å²) in [4.78, 5) is 2.35. The quantitative estimate of drug-likeness (QED) is 0.189. The smallest absolute Gasteiger partial charge is 0.143 e. The van der Waals surface area contributed by atoms with Gasteiger partial charge in [-0.25, -0.2) is 0 Å². The van der Waals surface area contributed by atoms with E-state index in [0.717, 1.165) is 66.3 Å². The molecule has 11 aromatic rings.